The van der Waals surface area contributed by atoms with Crippen LogP contribution in [0.1, 0.15) is 36.5 Å². The molecule has 2 amide bonds. The van der Waals surface area contributed by atoms with Crippen LogP contribution in [-0.4, -0.2) is 33.4 Å². The molecule has 0 radical (unpaired) electrons. The monoisotopic (exact) mass is 318 g/mol. The minimum absolute atomic E-state index is 0.0357. The molecule has 0 aliphatic carbocycles. The van der Waals surface area contributed by atoms with Crippen LogP contribution in [0.3, 0.4) is 0 Å². The number of rotatable bonds is 3. The fourth-order valence-electron chi connectivity index (χ4n) is 3.36. The molecule has 2 saturated heterocycles. The summed E-state index contributed by atoms with van der Waals surface area (Å²) >= 11 is 1.73. The number of aryl methyl sites for hydroxylation is 2. The van der Waals surface area contributed by atoms with E-state index in [-0.39, 0.29) is 22.7 Å². The third-order valence-electron chi connectivity index (χ3n) is 4.70. The number of hydrogen-bond acceptors (Lipinski definition) is 3. The number of nitrogens with one attached hydrogen (secondary N) is 1. The Morgan fingerprint density at radius 1 is 1.45 bits per heavy atom. The van der Waals surface area contributed by atoms with Crippen LogP contribution in [0.15, 0.2) is 18.2 Å². The molecule has 4 nitrogen and oxygen atoms in total. The average Bonchev–Trinajstić information content (AvgIpc) is 2.95. The Balaban J connectivity index is 1.66. The highest BCUT2D eigenvalue weighted by Crippen LogP contribution is 2.47. The van der Waals surface area contributed by atoms with Crippen LogP contribution >= 0.6 is 11.8 Å². The van der Waals surface area contributed by atoms with Crippen molar-refractivity contribution >= 4 is 23.6 Å². The van der Waals surface area contributed by atoms with Crippen LogP contribution in [0, 0.1) is 13.8 Å². The minimum atomic E-state index is -0.323. The number of hydrogen-bond donors (Lipinski definition) is 1. The van der Waals surface area contributed by atoms with Crippen molar-refractivity contribution < 1.29 is 9.59 Å². The van der Waals surface area contributed by atoms with E-state index in [2.05, 4.69) is 44.3 Å². The Bertz CT molecular complexity index is 631. The van der Waals surface area contributed by atoms with Gasteiger partial charge in [-0.2, -0.15) is 0 Å². The smallest absolute Gasteiger partial charge is 0.243 e. The first-order valence-corrected chi connectivity index (χ1v) is 8.69. The number of benzene rings is 1. The van der Waals surface area contributed by atoms with Crippen molar-refractivity contribution in [2.45, 2.75) is 51.1 Å². The van der Waals surface area contributed by atoms with Crippen LogP contribution in [0.2, 0.25) is 0 Å². The Hall–Kier alpha value is -1.49. The molecule has 118 valence electrons. The van der Waals surface area contributed by atoms with E-state index in [4.69, 9.17) is 0 Å². The maximum absolute atomic E-state index is 12.5. The fourth-order valence-corrected chi connectivity index (χ4v) is 4.79. The molecule has 1 aromatic carbocycles. The molecule has 1 aromatic rings. The van der Waals surface area contributed by atoms with E-state index in [1.54, 1.807) is 16.7 Å². The lowest BCUT2D eigenvalue weighted by molar-refractivity contribution is -0.138. The molecule has 2 aliphatic rings. The van der Waals surface area contributed by atoms with Gasteiger partial charge in [0.05, 0.1) is 4.87 Å². The number of thioether (sulfide) groups is 1. The molecule has 0 saturated carbocycles. The largest absolute Gasteiger partial charge is 0.350 e. The molecule has 0 aromatic heterocycles. The van der Waals surface area contributed by atoms with E-state index < -0.39 is 0 Å². The zero-order valence-corrected chi connectivity index (χ0v) is 14.1. The van der Waals surface area contributed by atoms with Crippen molar-refractivity contribution in [3.05, 3.63) is 34.9 Å². The summed E-state index contributed by atoms with van der Waals surface area (Å²) < 4.78 is 0. The number of fused-ring (bicyclic) bond motifs is 1. The van der Waals surface area contributed by atoms with Gasteiger partial charge in [0.1, 0.15) is 6.04 Å². The summed E-state index contributed by atoms with van der Waals surface area (Å²) in [5.41, 5.74) is 3.53. The van der Waals surface area contributed by atoms with E-state index in [0.717, 1.165) is 12.0 Å². The van der Waals surface area contributed by atoms with Crippen molar-refractivity contribution in [3.8, 4) is 0 Å². The highest BCUT2D eigenvalue weighted by atomic mass is 32.2. The summed E-state index contributed by atoms with van der Waals surface area (Å²) in [4.78, 5) is 26.2. The standard InChI is InChI=1S/C17H22N2O2S/c1-11-4-5-13(12(2)8-11)9-18-16(21)14-10-22-17(3)7-6-15(20)19(14)17/h4-5,8,14H,6-7,9-10H2,1-3H3,(H,18,21). The topological polar surface area (TPSA) is 49.4 Å². The first-order chi connectivity index (χ1) is 10.4. The lowest BCUT2D eigenvalue weighted by atomic mass is 10.1. The van der Waals surface area contributed by atoms with Gasteiger partial charge in [0, 0.05) is 18.7 Å². The summed E-state index contributed by atoms with van der Waals surface area (Å²) in [6, 6.07) is 5.91. The molecule has 2 aliphatic heterocycles. The molecule has 2 heterocycles. The van der Waals surface area contributed by atoms with Gasteiger partial charge >= 0.3 is 0 Å². The van der Waals surface area contributed by atoms with E-state index in [1.165, 1.54) is 11.1 Å². The molecule has 0 bridgehead atoms. The van der Waals surface area contributed by atoms with Crippen LogP contribution in [0.25, 0.3) is 0 Å². The van der Waals surface area contributed by atoms with Crippen LogP contribution in [0.5, 0.6) is 0 Å². The third kappa shape index (κ3) is 2.62. The number of carbonyl (C=O) groups excluding carboxylic acids is 2. The molecule has 22 heavy (non-hydrogen) atoms. The van der Waals surface area contributed by atoms with Gasteiger partial charge in [-0.1, -0.05) is 23.8 Å². The second-order valence-electron chi connectivity index (χ2n) is 6.41. The molecule has 1 N–H and O–H groups in total. The first-order valence-electron chi connectivity index (χ1n) is 7.71. The summed E-state index contributed by atoms with van der Waals surface area (Å²) in [6.07, 6.45) is 1.40. The first kappa shape index (κ1) is 15.4. The Kier molecular flexibility index (Phi) is 3.93. The average molecular weight is 318 g/mol. The second kappa shape index (κ2) is 5.61. The number of carbonyl (C=O) groups is 2. The molecular formula is C17H22N2O2S. The Morgan fingerprint density at radius 2 is 2.23 bits per heavy atom. The van der Waals surface area contributed by atoms with Crippen molar-refractivity contribution in [2.24, 2.45) is 0 Å². The molecule has 3 rings (SSSR count). The molecule has 0 spiro atoms. The molecule has 2 fully saturated rings. The van der Waals surface area contributed by atoms with Crippen molar-refractivity contribution in [2.75, 3.05) is 5.75 Å². The van der Waals surface area contributed by atoms with Gasteiger partial charge in [-0.15, -0.1) is 11.8 Å². The Morgan fingerprint density at radius 3 is 2.95 bits per heavy atom. The number of nitrogens with zero attached hydrogens (tertiary/aromatic N) is 1. The maximum atomic E-state index is 12.5. The molecule has 5 heteroatoms. The van der Waals surface area contributed by atoms with Crippen molar-refractivity contribution in [1.82, 2.24) is 10.2 Å². The Labute approximate surface area is 135 Å². The van der Waals surface area contributed by atoms with Gasteiger partial charge in [-0.3, -0.25) is 9.59 Å². The highest BCUT2D eigenvalue weighted by Gasteiger charge is 2.52. The lowest BCUT2D eigenvalue weighted by Crippen LogP contribution is -2.49. The SMILES string of the molecule is Cc1ccc(CNC(=O)C2CSC3(C)CCC(=O)N23)c(C)c1. The quantitative estimate of drug-likeness (QED) is 0.931. The van der Waals surface area contributed by atoms with Gasteiger partial charge in [0.15, 0.2) is 0 Å². The van der Waals surface area contributed by atoms with Gasteiger partial charge in [0.2, 0.25) is 11.8 Å². The van der Waals surface area contributed by atoms with E-state index >= 15 is 0 Å². The zero-order valence-electron chi connectivity index (χ0n) is 13.3. The predicted molar refractivity (Wildman–Crippen MR) is 88.5 cm³/mol. The van der Waals surface area contributed by atoms with Crippen molar-refractivity contribution in [1.29, 1.82) is 0 Å². The molecule has 2 atom stereocenters. The van der Waals surface area contributed by atoms with Crippen LogP contribution in [0.4, 0.5) is 0 Å². The summed E-state index contributed by atoms with van der Waals surface area (Å²) in [7, 11) is 0. The van der Waals surface area contributed by atoms with Crippen molar-refractivity contribution in [3.63, 3.8) is 0 Å². The van der Waals surface area contributed by atoms with E-state index in [9.17, 15) is 9.59 Å². The predicted octanol–water partition coefficient (Wildman–Crippen LogP) is 2.37. The van der Waals surface area contributed by atoms with Gasteiger partial charge in [-0.05, 0) is 38.3 Å². The third-order valence-corrected chi connectivity index (χ3v) is 6.20. The lowest BCUT2D eigenvalue weighted by Gasteiger charge is -2.29. The molecule has 2 unspecified atom stereocenters. The van der Waals surface area contributed by atoms with Gasteiger partial charge in [-0.25, -0.2) is 0 Å². The minimum Gasteiger partial charge on any atom is -0.350 e. The molecular weight excluding hydrogens is 296 g/mol. The summed E-state index contributed by atoms with van der Waals surface area (Å²) in [5, 5.41) is 3.01. The highest BCUT2D eigenvalue weighted by molar-refractivity contribution is 8.01. The second-order valence-corrected chi connectivity index (χ2v) is 7.91. The van der Waals surface area contributed by atoms with Gasteiger partial charge < -0.3 is 10.2 Å². The maximum Gasteiger partial charge on any atom is 0.243 e. The van der Waals surface area contributed by atoms with E-state index in [1.807, 2.05) is 0 Å². The summed E-state index contributed by atoms with van der Waals surface area (Å²) in [6.45, 7) is 6.71. The fraction of sp³-hybridized carbons (Fsp3) is 0.529. The van der Waals surface area contributed by atoms with E-state index in [0.29, 0.717) is 18.7 Å². The van der Waals surface area contributed by atoms with Gasteiger partial charge in [0.25, 0.3) is 0 Å². The normalized spacial score (nSPS) is 27.1. The van der Waals surface area contributed by atoms with Crippen LogP contribution < -0.4 is 5.32 Å². The summed E-state index contributed by atoms with van der Waals surface area (Å²) in [5.74, 6) is 0.770. The number of amides is 2. The van der Waals surface area contributed by atoms with Crippen LogP contribution in [-0.2, 0) is 16.1 Å². The zero-order chi connectivity index (χ0) is 15.9.